The minimum atomic E-state index is 0.152. The van der Waals surface area contributed by atoms with Crippen LogP contribution in [-0.2, 0) is 6.42 Å². The number of nitrogens with zero attached hydrogens (tertiary/aromatic N) is 2. The summed E-state index contributed by atoms with van der Waals surface area (Å²) in [4.78, 5) is 9.75. The van der Waals surface area contributed by atoms with E-state index in [9.17, 15) is 0 Å². The molecule has 0 aliphatic rings. The van der Waals surface area contributed by atoms with Gasteiger partial charge in [0, 0.05) is 23.7 Å². The minimum Gasteiger partial charge on any atom is -0.308 e. The molecule has 2 heterocycles. The van der Waals surface area contributed by atoms with Crippen LogP contribution in [0.2, 0.25) is 5.02 Å². The minimum absolute atomic E-state index is 0.152. The van der Waals surface area contributed by atoms with Gasteiger partial charge in [0.05, 0.1) is 22.3 Å². The molecule has 1 unspecified atom stereocenters. The first kappa shape index (κ1) is 13.5. The molecular formula is C13H16ClN3S. The van der Waals surface area contributed by atoms with Gasteiger partial charge in [-0.2, -0.15) is 0 Å². The lowest BCUT2D eigenvalue weighted by Gasteiger charge is -2.18. The van der Waals surface area contributed by atoms with E-state index in [4.69, 9.17) is 11.6 Å². The van der Waals surface area contributed by atoms with Crippen LogP contribution in [0, 0.1) is 0 Å². The Labute approximate surface area is 116 Å². The third-order valence-corrected chi connectivity index (χ3v) is 3.77. The van der Waals surface area contributed by atoms with E-state index in [0.29, 0.717) is 0 Å². The Morgan fingerprint density at radius 1 is 1.50 bits per heavy atom. The van der Waals surface area contributed by atoms with E-state index in [1.807, 2.05) is 23.8 Å². The van der Waals surface area contributed by atoms with Crippen molar-refractivity contribution in [3.63, 3.8) is 0 Å². The standard InChI is InChI=1S/C13H16ClN3S/c1-2-5-16-12(7-10-8-15-9-18-10)13-11(14)4-3-6-17-13/h3-4,6,8-9,12,16H,2,5,7H2,1H3. The Hall–Kier alpha value is -0.970. The highest BCUT2D eigenvalue weighted by atomic mass is 35.5. The monoisotopic (exact) mass is 281 g/mol. The summed E-state index contributed by atoms with van der Waals surface area (Å²) >= 11 is 7.89. The van der Waals surface area contributed by atoms with Gasteiger partial charge in [-0.3, -0.25) is 9.97 Å². The van der Waals surface area contributed by atoms with Crippen molar-refractivity contribution in [2.24, 2.45) is 0 Å². The van der Waals surface area contributed by atoms with Crippen LogP contribution in [0.4, 0.5) is 0 Å². The predicted molar refractivity (Wildman–Crippen MR) is 76.1 cm³/mol. The Kier molecular flexibility index (Phi) is 5.11. The number of halogens is 1. The largest absolute Gasteiger partial charge is 0.308 e. The van der Waals surface area contributed by atoms with Crippen molar-refractivity contribution in [1.29, 1.82) is 0 Å². The number of thiazole rings is 1. The van der Waals surface area contributed by atoms with Gasteiger partial charge in [0.15, 0.2) is 0 Å². The molecule has 0 fully saturated rings. The summed E-state index contributed by atoms with van der Waals surface area (Å²) in [6.07, 6.45) is 5.65. The molecule has 18 heavy (non-hydrogen) atoms. The van der Waals surface area contributed by atoms with Crippen molar-refractivity contribution >= 4 is 22.9 Å². The van der Waals surface area contributed by atoms with Gasteiger partial charge in [-0.15, -0.1) is 11.3 Å². The molecule has 0 saturated carbocycles. The lowest BCUT2D eigenvalue weighted by Crippen LogP contribution is -2.25. The molecular weight excluding hydrogens is 266 g/mol. The van der Waals surface area contributed by atoms with Crippen LogP contribution < -0.4 is 5.32 Å². The zero-order valence-electron chi connectivity index (χ0n) is 10.3. The van der Waals surface area contributed by atoms with Crippen molar-refractivity contribution in [3.8, 4) is 0 Å². The Morgan fingerprint density at radius 3 is 3.06 bits per heavy atom. The van der Waals surface area contributed by atoms with Crippen molar-refractivity contribution in [2.45, 2.75) is 25.8 Å². The summed E-state index contributed by atoms with van der Waals surface area (Å²) in [6.45, 7) is 3.10. The Bertz CT molecular complexity index is 473. The molecule has 0 saturated heterocycles. The summed E-state index contributed by atoms with van der Waals surface area (Å²) in [5.74, 6) is 0. The predicted octanol–water partition coefficient (Wildman–Crippen LogP) is 3.47. The summed E-state index contributed by atoms with van der Waals surface area (Å²) < 4.78 is 0. The number of aromatic nitrogens is 2. The smallest absolute Gasteiger partial charge is 0.0794 e. The van der Waals surface area contributed by atoms with E-state index >= 15 is 0 Å². The van der Waals surface area contributed by atoms with Gasteiger partial charge in [0.25, 0.3) is 0 Å². The molecule has 2 aromatic heterocycles. The maximum Gasteiger partial charge on any atom is 0.0794 e. The number of nitrogens with one attached hydrogen (secondary N) is 1. The molecule has 2 aromatic rings. The summed E-state index contributed by atoms with van der Waals surface area (Å²) in [5.41, 5.74) is 2.77. The van der Waals surface area contributed by atoms with Crippen LogP contribution in [0.25, 0.3) is 0 Å². The first-order valence-electron chi connectivity index (χ1n) is 6.02. The van der Waals surface area contributed by atoms with Gasteiger partial charge in [-0.05, 0) is 25.1 Å². The second kappa shape index (κ2) is 6.83. The maximum absolute atomic E-state index is 6.22. The molecule has 3 nitrogen and oxygen atoms in total. The lowest BCUT2D eigenvalue weighted by atomic mass is 10.1. The maximum atomic E-state index is 6.22. The van der Waals surface area contributed by atoms with Gasteiger partial charge in [0.1, 0.15) is 0 Å². The van der Waals surface area contributed by atoms with E-state index in [2.05, 4.69) is 22.2 Å². The molecule has 2 rings (SSSR count). The van der Waals surface area contributed by atoms with E-state index < -0.39 is 0 Å². The van der Waals surface area contributed by atoms with Gasteiger partial charge < -0.3 is 5.32 Å². The zero-order valence-corrected chi connectivity index (χ0v) is 11.8. The van der Waals surface area contributed by atoms with Crippen LogP contribution in [0.1, 0.15) is 30.0 Å². The first-order chi connectivity index (χ1) is 8.81. The second-order valence-electron chi connectivity index (χ2n) is 4.05. The van der Waals surface area contributed by atoms with Crippen LogP contribution in [0.3, 0.4) is 0 Å². The number of hydrogen-bond donors (Lipinski definition) is 1. The molecule has 1 N–H and O–H groups in total. The molecule has 0 bridgehead atoms. The Balaban J connectivity index is 2.16. The lowest BCUT2D eigenvalue weighted by molar-refractivity contribution is 0.520. The van der Waals surface area contributed by atoms with Crippen LogP contribution in [-0.4, -0.2) is 16.5 Å². The van der Waals surface area contributed by atoms with E-state index in [1.54, 1.807) is 17.5 Å². The molecule has 0 amide bonds. The molecule has 96 valence electrons. The van der Waals surface area contributed by atoms with Gasteiger partial charge in [0.2, 0.25) is 0 Å². The van der Waals surface area contributed by atoms with Gasteiger partial charge >= 0.3 is 0 Å². The molecule has 0 radical (unpaired) electrons. The molecule has 1 atom stereocenters. The fraction of sp³-hybridized carbons (Fsp3) is 0.385. The quantitative estimate of drug-likeness (QED) is 0.881. The number of pyridine rings is 1. The highest BCUT2D eigenvalue weighted by molar-refractivity contribution is 7.09. The van der Waals surface area contributed by atoms with E-state index in [-0.39, 0.29) is 6.04 Å². The highest BCUT2D eigenvalue weighted by Gasteiger charge is 2.16. The molecule has 0 aromatic carbocycles. The average Bonchev–Trinajstić information content (AvgIpc) is 2.88. The summed E-state index contributed by atoms with van der Waals surface area (Å²) in [6, 6.07) is 3.89. The first-order valence-corrected chi connectivity index (χ1v) is 7.28. The van der Waals surface area contributed by atoms with E-state index in [0.717, 1.165) is 30.1 Å². The van der Waals surface area contributed by atoms with Gasteiger partial charge in [-0.25, -0.2) is 0 Å². The SMILES string of the molecule is CCCNC(Cc1cncs1)c1ncccc1Cl. The van der Waals surface area contributed by atoms with Crippen molar-refractivity contribution in [2.75, 3.05) is 6.54 Å². The zero-order chi connectivity index (χ0) is 12.8. The summed E-state index contributed by atoms with van der Waals surface area (Å²) in [5, 5.41) is 4.21. The number of hydrogen-bond acceptors (Lipinski definition) is 4. The van der Waals surface area contributed by atoms with Crippen molar-refractivity contribution in [3.05, 3.63) is 45.6 Å². The molecule has 0 spiro atoms. The third-order valence-electron chi connectivity index (χ3n) is 2.65. The van der Waals surface area contributed by atoms with Crippen molar-refractivity contribution in [1.82, 2.24) is 15.3 Å². The summed E-state index contributed by atoms with van der Waals surface area (Å²) in [7, 11) is 0. The highest BCUT2D eigenvalue weighted by Crippen LogP contribution is 2.24. The normalized spacial score (nSPS) is 12.6. The Morgan fingerprint density at radius 2 is 2.39 bits per heavy atom. The average molecular weight is 282 g/mol. The molecule has 5 heteroatoms. The fourth-order valence-electron chi connectivity index (χ4n) is 1.78. The molecule has 0 aliphatic carbocycles. The fourth-order valence-corrected chi connectivity index (χ4v) is 2.68. The van der Waals surface area contributed by atoms with Crippen LogP contribution in [0.15, 0.2) is 30.0 Å². The van der Waals surface area contributed by atoms with Gasteiger partial charge in [-0.1, -0.05) is 18.5 Å². The van der Waals surface area contributed by atoms with Crippen LogP contribution in [0.5, 0.6) is 0 Å². The topological polar surface area (TPSA) is 37.8 Å². The van der Waals surface area contributed by atoms with E-state index in [1.165, 1.54) is 4.88 Å². The second-order valence-corrected chi connectivity index (χ2v) is 5.43. The van der Waals surface area contributed by atoms with Crippen LogP contribution >= 0.6 is 22.9 Å². The molecule has 0 aliphatic heterocycles. The number of rotatable bonds is 6. The third kappa shape index (κ3) is 3.51. The van der Waals surface area contributed by atoms with Crippen molar-refractivity contribution < 1.29 is 0 Å².